The number of carbonyl (C=O) groups excluding carboxylic acids is 1. The third kappa shape index (κ3) is 2.58. The van der Waals surface area contributed by atoms with Gasteiger partial charge in [0.1, 0.15) is 5.65 Å². The highest BCUT2D eigenvalue weighted by Gasteiger charge is 2.11. The van der Waals surface area contributed by atoms with Gasteiger partial charge in [-0.25, -0.2) is 9.78 Å². The predicted molar refractivity (Wildman–Crippen MR) is 78.4 cm³/mol. The number of fused-ring (bicyclic) bond motifs is 1. The van der Waals surface area contributed by atoms with Crippen LogP contribution < -0.4 is 4.74 Å². The van der Waals surface area contributed by atoms with Gasteiger partial charge in [0.15, 0.2) is 5.75 Å². The Morgan fingerprint density at radius 1 is 1.24 bits per heavy atom. The number of aryl methyl sites for hydroxylation is 1. The van der Waals surface area contributed by atoms with E-state index >= 15 is 0 Å². The number of hydrogen-bond acceptors (Lipinski definition) is 4. The summed E-state index contributed by atoms with van der Waals surface area (Å²) in [4.78, 5) is 15.6. The largest absolute Gasteiger partial charge is 0.513 e. The summed E-state index contributed by atoms with van der Waals surface area (Å²) in [5.74, 6) is 0.405. The molecule has 0 aliphatic heterocycles. The molecule has 0 fully saturated rings. The Hall–Kier alpha value is -2.82. The van der Waals surface area contributed by atoms with Crippen molar-refractivity contribution in [3.05, 3.63) is 54.5 Å². The predicted octanol–water partition coefficient (Wildman–Crippen LogP) is 3.45. The first-order valence-corrected chi connectivity index (χ1v) is 6.47. The zero-order valence-electron chi connectivity index (χ0n) is 11.7. The number of ether oxygens (including phenoxy) is 2. The van der Waals surface area contributed by atoms with E-state index < -0.39 is 6.16 Å². The average molecular weight is 282 g/mol. The number of benzene rings is 1. The molecule has 21 heavy (non-hydrogen) atoms. The monoisotopic (exact) mass is 282 g/mol. The first-order valence-electron chi connectivity index (χ1n) is 6.47. The normalized spacial score (nSPS) is 10.6. The van der Waals surface area contributed by atoms with Crippen molar-refractivity contribution in [2.24, 2.45) is 0 Å². The second-order valence-corrected chi connectivity index (χ2v) is 4.67. The van der Waals surface area contributed by atoms with Gasteiger partial charge >= 0.3 is 6.16 Å². The van der Waals surface area contributed by atoms with Crippen molar-refractivity contribution in [3.8, 4) is 16.9 Å². The van der Waals surface area contributed by atoms with Gasteiger partial charge in [-0.05, 0) is 18.6 Å². The molecule has 106 valence electrons. The smallest absolute Gasteiger partial charge is 0.437 e. The number of rotatable bonds is 2. The maximum Gasteiger partial charge on any atom is 0.513 e. The molecule has 0 radical (unpaired) electrons. The van der Waals surface area contributed by atoms with Gasteiger partial charge in [0.2, 0.25) is 0 Å². The number of pyridine rings is 1. The van der Waals surface area contributed by atoms with Crippen molar-refractivity contribution in [2.45, 2.75) is 6.92 Å². The minimum atomic E-state index is -0.746. The van der Waals surface area contributed by atoms with Crippen molar-refractivity contribution in [3.63, 3.8) is 0 Å². The van der Waals surface area contributed by atoms with Crippen LogP contribution in [0.4, 0.5) is 4.79 Å². The summed E-state index contributed by atoms with van der Waals surface area (Å²) in [5.41, 5.74) is 3.88. The Morgan fingerprint density at radius 3 is 2.71 bits per heavy atom. The molecule has 0 bridgehead atoms. The van der Waals surface area contributed by atoms with E-state index in [0.29, 0.717) is 5.75 Å². The molecular weight excluding hydrogens is 268 g/mol. The summed E-state index contributed by atoms with van der Waals surface area (Å²) in [6, 6.07) is 9.87. The molecule has 5 nitrogen and oxygen atoms in total. The molecule has 0 saturated carbocycles. The Morgan fingerprint density at radius 2 is 2.00 bits per heavy atom. The van der Waals surface area contributed by atoms with Crippen LogP contribution in [0.15, 0.2) is 48.9 Å². The Bertz CT molecular complexity index is 791. The molecule has 0 spiro atoms. The Balaban J connectivity index is 2.13. The van der Waals surface area contributed by atoms with E-state index in [-0.39, 0.29) is 0 Å². The van der Waals surface area contributed by atoms with Gasteiger partial charge in [-0.3, -0.25) is 0 Å². The second-order valence-electron chi connectivity index (χ2n) is 4.67. The van der Waals surface area contributed by atoms with E-state index in [1.165, 1.54) is 12.7 Å². The maximum atomic E-state index is 11.3. The molecule has 0 atom stereocenters. The second kappa shape index (κ2) is 5.28. The van der Waals surface area contributed by atoms with Crippen LogP contribution in [0.5, 0.6) is 5.75 Å². The average Bonchev–Trinajstić information content (AvgIpc) is 2.95. The lowest BCUT2D eigenvalue weighted by atomic mass is 10.1. The third-order valence-corrected chi connectivity index (χ3v) is 3.19. The Labute approximate surface area is 121 Å². The van der Waals surface area contributed by atoms with Gasteiger partial charge in [-0.1, -0.05) is 29.8 Å². The molecule has 0 saturated heterocycles. The molecule has 0 aliphatic rings. The fourth-order valence-corrected chi connectivity index (χ4v) is 2.15. The van der Waals surface area contributed by atoms with Crippen LogP contribution >= 0.6 is 0 Å². The molecule has 0 amide bonds. The van der Waals surface area contributed by atoms with Gasteiger partial charge in [0.25, 0.3) is 0 Å². The van der Waals surface area contributed by atoms with Crippen LogP contribution in [0.25, 0.3) is 16.8 Å². The lowest BCUT2D eigenvalue weighted by Gasteiger charge is -2.08. The minimum absolute atomic E-state index is 0.405. The van der Waals surface area contributed by atoms with Crippen molar-refractivity contribution in [1.29, 1.82) is 0 Å². The van der Waals surface area contributed by atoms with Crippen LogP contribution in [-0.2, 0) is 4.74 Å². The third-order valence-electron chi connectivity index (χ3n) is 3.19. The molecular formula is C16H14N2O3. The summed E-state index contributed by atoms with van der Waals surface area (Å²) < 4.78 is 11.5. The summed E-state index contributed by atoms with van der Waals surface area (Å²) in [6.45, 7) is 2.03. The lowest BCUT2D eigenvalue weighted by Crippen LogP contribution is -2.08. The summed E-state index contributed by atoms with van der Waals surface area (Å²) >= 11 is 0. The summed E-state index contributed by atoms with van der Waals surface area (Å²) in [6.07, 6.45) is 4.45. The van der Waals surface area contributed by atoms with Crippen LogP contribution in [0.3, 0.4) is 0 Å². The number of aromatic nitrogens is 2. The fourth-order valence-electron chi connectivity index (χ4n) is 2.15. The zero-order valence-corrected chi connectivity index (χ0v) is 11.7. The summed E-state index contributed by atoms with van der Waals surface area (Å²) in [7, 11) is 1.28. The van der Waals surface area contributed by atoms with E-state index in [4.69, 9.17) is 4.74 Å². The summed E-state index contributed by atoms with van der Waals surface area (Å²) in [5, 5.41) is 0. The van der Waals surface area contributed by atoms with Gasteiger partial charge in [-0.15, -0.1) is 0 Å². The molecule has 5 heteroatoms. The first-order chi connectivity index (χ1) is 10.2. The highest BCUT2D eigenvalue weighted by Crippen LogP contribution is 2.28. The van der Waals surface area contributed by atoms with E-state index in [0.717, 1.165) is 16.8 Å². The molecule has 1 aromatic carbocycles. The van der Waals surface area contributed by atoms with E-state index in [9.17, 15) is 4.79 Å². The lowest BCUT2D eigenvalue weighted by molar-refractivity contribution is 0.121. The quantitative estimate of drug-likeness (QED) is 0.675. The van der Waals surface area contributed by atoms with Gasteiger partial charge in [-0.2, -0.15) is 0 Å². The van der Waals surface area contributed by atoms with Crippen molar-refractivity contribution >= 4 is 11.8 Å². The first kappa shape index (κ1) is 13.2. The van der Waals surface area contributed by atoms with Crippen LogP contribution in [-0.4, -0.2) is 22.6 Å². The highest BCUT2D eigenvalue weighted by molar-refractivity contribution is 5.79. The number of imidazole rings is 1. The Kier molecular flexibility index (Phi) is 3.31. The number of carbonyl (C=O) groups is 1. The van der Waals surface area contributed by atoms with Gasteiger partial charge in [0.05, 0.1) is 13.3 Å². The van der Waals surface area contributed by atoms with E-state index in [2.05, 4.69) is 9.72 Å². The topological polar surface area (TPSA) is 52.8 Å². The van der Waals surface area contributed by atoms with E-state index in [1.807, 2.05) is 35.6 Å². The standard InChI is InChI=1S/C16H14N2O3/c1-11-3-5-12(6-4-11)14-9-13(21-16(19)20-2)10-18-8-7-17-15(14)18/h3-10H,1-2H3. The number of nitrogens with zero attached hydrogens (tertiary/aromatic N) is 2. The van der Waals surface area contributed by atoms with Crippen molar-refractivity contribution in [2.75, 3.05) is 7.11 Å². The van der Waals surface area contributed by atoms with Crippen LogP contribution in [0.1, 0.15) is 5.56 Å². The molecule has 0 aliphatic carbocycles. The molecule has 2 heterocycles. The van der Waals surface area contributed by atoms with Crippen LogP contribution in [0, 0.1) is 6.92 Å². The van der Waals surface area contributed by atoms with E-state index in [1.54, 1.807) is 24.7 Å². The van der Waals surface area contributed by atoms with Crippen LogP contribution in [0.2, 0.25) is 0 Å². The molecule has 3 aromatic rings. The van der Waals surface area contributed by atoms with Crippen molar-refractivity contribution in [1.82, 2.24) is 9.38 Å². The highest BCUT2D eigenvalue weighted by atomic mass is 16.7. The number of methoxy groups -OCH3 is 1. The fraction of sp³-hybridized carbons (Fsp3) is 0.125. The zero-order chi connectivity index (χ0) is 14.8. The molecule has 3 rings (SSSR count). The van der Waals surface area contributed by atoms with Gasteiger partial charge in [0, 0.05) is 18.0 Å². The molecule has 0 N–H and O–H groups in total. The maximum absolute atomic E-state index is 11.3. The van der Waals surface area contributed by atoms with Crippen molar-refractivity contribution < 1.29 is 14.3 Å². The number of hydrogen-bond donors (Lipinski definition) is 0. The van der Waals surface area contributed by atoms with Gasteiger partial charge < -0.3 is 13.9 Å². The molecule has 2 aromatic heterocycles. The molecule has 0 unspecified atom stereocenters. The minimum Gasteiger partial charge on any atom is -0.437 e. The SMILES string of the molecule is COC(=O)Oc1cc(-c2ccc(C)cc2)c2nccn2c1.